The van der Waals surface area contributed by atoms with Gasteiger partial charge in [-0.25, -0.2) is 4.98 Å². The van der Waals surface area contributed by atoms with E-state index >= 15 is 0 Å². The Hall–Kier alpha value is -2.71. The third kappa shape index (κ3) is 4.58. The van der Waals surface area contributed by atoms with Crippen LogP contribution >= 0.6 is 0 Å². The number of amides is 2. The minimum atomic E-state index is -0.570. The van der Waals surface area contributed by atoms with E-state index in [0.29, 0.717) is 17.1 Å². The van der Waals surface area contributed by atoms with Crippen LogP contribution in [0.1, 0.15) is 42.7 Å². The SMILES string of the molecule is CNC(=O)[C@@H](NC(=O)c1ccc(-c2ccc([NH+](C)[O-])cn2)o1)C1CCCCC1. The van der Waals surface area contributed by atoms with E-state index in [-0.39, 0.29) is 22.6 Å². The van der Waals surface area contributed by atoms with E-state index in [0.717, 1.165) is 25.7 Å². The van der Waals surface area contributed by atoms with Crippen molar-refractivity contribution in [2.24, 2.45) is 5.92 Å². The predicted octanol–water partition coefficient (Wildman–Crippen LogP) is 1.41. The third-order valence-electron chi connectivity index (χ3n) is 5.19. The molecule has 0 aliphatic heterocycles. The van der Waals surface area contributed by atoms with Gasteiger partial charge in [-0.15, -0.1) is 0 Å². The molecular weight excluding hydrogens is 360 g/mol. The zero-order valence-electron chi connectivity index (χ0n) is 16.2. The Morgan fingerprint density at radius 3 is 2.57 bits per heavy atom. The highest BCUT2D eigenvalue weighted by molar-refractivity contribution is 5.96. The summed E-state index contributed by atoms with van der Waals surface area (Å²) < 4.78 is 5.64. The molecule has 0 radical (unpaired) electrons. The Labute approximate surface area is 163 Å². The first kappa shape index (κ1) is 20.0. The van der Waals surface area contributed by atoms with E-state index in [4.69, 9.17) is 4.42 Å². The van der Waals surface area contributed by atoms with Gasteiger partial charge in [-0.1, -0.05) is 19.3 Å². The molecule has 8 heteroatoms. The summed E-state index contributed by atoms with van der Waals surface area (Å²) in [5, 5.41) is 16.8. The van der Waals surface area contributed by atoms with E-state index < -0.39 is 11.9 Å². The fourth-order valence-electron chi connectivity index (χ4n) is 3.58. The maximum Gasteiger partial charge on any atom is 0.287 e. The Morgan fingerprint density at radius 2 is 1.96 bits per heavy atom. The van der Waals surface area contributed by atoms with Crippen molar-refractivity contribution in [3.63, 3.8) is 0 Å². The number of hydrogen-bond acceptors (Lipinski definition) is 5. The highest BCUT2D eigenvalue weighted by Gasteiger charge is 2.31. The lowest BCUT2D eigenvalue weighted by molar-refractivity contribution is -0.751. The van der Waals surface area contributed by atoms with Gasteiger partial charge in [0.15, 0.2) is 11.5 Å². The molecule has 28 heavy (non-hydrogen) atoms. The summed E-state index contributed by atoms with van der Waals surface area (Å²) in [5.74, 6) is 0.0683. The monoisotopic (exact) mass is 386 g/mol. The number of aromatic nitrogens is 1. The van der Waals surface area contributed by atoms with E-state index in [1.807, 2.05) is 0 Å². The summed E-state index contributed by atoms with van der Waals surface area (Å²) in [7, 11) is 3.05. The number of nitrogens with zero attached hydrogens (tertiary/aromatic N) is 1. The van der Waals surface area contributed by atoms with Crippen LogP contribution in [-0.2, 0) is 4.79 Å². The Kier molecular flexibility index (Phi) is 6.43. The average Bonchev–Trinajstić information content (AvgIpc) is 3.22. The lowest BCUT2D eigenvalue weighted by Gasteiger charge is -2.29. The summed E-state index contributed by atoms with van der Waals surface area (Å²) >= 11 is 0. The Morgan fingerprint density at radius 1 is 1.21 bits per heavy atom. The third-order valence-corrected chi connectivity index (χ3v) is 5.19. The molecular formula is C20H26N4O4. The van der Waals surface area contributed by atoms with Crippen molar-refractivity contribution in [3.8, 4) is 11.5 Å². The quantitative estimate of drug-likeness (QED) is 0.650. The maximum atomic E-state index is 12.7. The van der Waals surface area contributed by atoms with Crippen molar-refractivity contribution in [1.82, 2.24) is 15.6 Å². The molecule has 3 rings (SSSR count). The number of nitrogens with one attached hydrogen (secondary N) is 3. The molecule has 3 N–H and O–H groups in total. The molecule has 2 aromatic rings. The summed E-state index contributed by atoms with van der Waals surface area (Å²) in [4.78, 5) is 29.2. The van der Waals surface area contributed by atoms with Gasteiger partial charge in [-0.05, 0) is 37.0 Å². The molecule has 0 aromatic carbocycles. The number of rotatable bonds is 6. The largest absolute Gasteiger partial charge is 0.629 e. The van der Waals surface area contributed by atoms with Crippen LogP contribution in [-0.4, -0.2) is 36.9 Å². The molecule has 2 atom stereocenters. The molecule has 1 fully saturated rings. The summed E-state index contributed by atoms with van der Waals surface area (Å²) in [6.45, 7) is 0. The fraction of sp³-hybridized carbons (Fsp3) is 0.450. The van der Waals surface area contributed by atoms with Gasteiger partial charge < -0.3 is 25.3 Å². The van der Waals surface area contributed by atoms with Crippen LogP contribution < -0.4 is 15.7 Å². The van der Waals surface area contributed by atoms with Crippen LogP contribution in [0.2, 0.25) is 0 Å². The molecule has 1 saturated carbocycles. The minimum Gasteiger partial charge on any atom is -0.629 e. The van der Waals surface area contributed by atoms with Crippen LogP contribution in [0, 0.1) is 11.1 Å². The average molecular weight is 386 g/mol. The van der Waals surface area contributed by atoms with Crippen molar-refractivity contribution in [2.45, 2.75) is 38.1 Å². The van der Waals surface area contributed by atoms with Gasteiger partial charge in [0, 0.05) is 13.1 Å². The second-order valence-corrected chi connectivity index (χ2v) is 7.12. The lowest BCUT2D eigenvalue weighted by Crippen LogP contribution is -2.98. The molecule has 0 saturated heterocycles. The Bertz CT molecular complexity index is 810. The summed E-state index contributed by atoms with van der Waals surface area (Å²) in [6.07, 6.45) is 6.64. The summed E-state index contributed by atoms with van der Waals surface area (Å²) in [5.41, 5.74) is 1.04. The van der Waals surface area contributed by atoms with Crippen LogP contribution in [0.4, 0.5) is 5.69 Å². The number of quaternary nitrogens is 1. The van der Waals surface area contributed by atoms with Gasteiger partial charge >= 0.3 is 0 Å². The van der Waals surface area contributed by atoms with Gasteiger partial charge in [0.1, 0.15) is 17.4 Å². The van der Waals surface area contributed by atoms with E-state index in [2.05, 4.69) is 15.6 Å². The number of pyridine rings is 1. The highest BCUT2D eigenvalue weighted by atomic mass is 16.5. The first-order valence-corrected chi connectivity index (χ1v) is 9.59. The van der Waals surface area contributed by atoms with E-state index in [1.165, 1.54) is 19.7 Å². The fourth-order valence-corrected chi connectivity index (χ4v) is 3.58. The van der Waals surface area contributed by atoms with Gasteiger partial charge in [0.25, 0.3) is 5.91 Å². The number of hydrogen-bond donors (Lipinski definition) is 3. The molecule has 2 aromatic heterocycles. The van der Waals surface area contributed by atoms with Gasteiger partial charge in [-0.2, -0.15) is 0 Å². The predicted molar refractivity (Wildman–Crippen MR) is 104 cm³/mol. The molecule has 2 amide bonds. The molecule has 0 spiro atoms. The Balaban J connectivity index is 1.72. The van der Waals surface area contributed by atoms with Crippen LogP contribution in [0.5, 0.6) is 0 Å². The highest BCUT2D eigenvalue weighted by Crippen LogP contribution is 2.27. The van der Waals surface area contributed by atoms with Gasteiger partial charge in [0.2, 0.25) is 5.91 Å². The zero-order chi connectivity index (χ0) is 20.1. The molecule has 150 valence electrons. The molecule has 8 nitrogen and oxygen atoms in total. The number of carbonyl (C=O) groups is 2. The molecule has 1 aliphatic carbocycles. The van der Waals surface area contributed by atoms with Crippen LogP contribution in [0.25, 0.3) is 11.5 Å². The van der Waals surface area contributed by atoms with E-state index in [9.17, 15) is 14.8 Å². The number of likely N-dealkylation sites (N-methyl/N-ethyl adjacent to an activating group) is 1. The van der Waals surface area contributed by atoms with Crippen molar-refractivity contribution < 1.29 is 19.1 Å². The van der Waals surface area contributed by atoms with Crippen molar-refractivity contribution >= 4 is 17.5 Å². The van der Waals surface area contributed by atoms with Crippen LogP contribution in [0.3, 0.4) is 0 Å². The second kappa shape index (κ2) is 8.99. The first-order valence-electron chi connectivity index (χ1n) is 9.59. The molecule has 2 heterocycles. The topological polar surface area (TPSA) is 112 Å². The first-order chi connectivity index (χ1) is 13.5. The summed E-state index contributed by atoms with van der Waals surface area (Å²) in [6, 6.07) is 5.98. The number of furan rings is 1. The van der Waals surface area contributed by atoms with Gasteiger partial charge in [-0.3, -0.25) is 9.59 Å². The van der Waals surface area contributed by atoms with Crippen molar-refractivity contribution in [1.29, 1.82) is 0 Å². The lowest BCUT2D eigenvalue weighted by atomic mass is 9.83. The van der Waals surface area contributed by atoms with Crippen molar-refractivity contribution in [3.05, 3.63) is 41.4 Å². The molecule has 1 unspecified atom stereocenters. The number of hydroxylamine groups is 1. The maximum absolute atomic E-state index is 12.7. The van der Waals surface area contributed by atoms with Gasteiger partial charge in [0.05, 0.1) is 13.2 Å². The van der Waals surface area contributed by atoms with Crippen molar-refractivity contribution in [2.75, 3.05) is 14.1 Å². The molecule has 0 bridgehead atoms. The molecule has 1 aliphatic rings. The zero-order valence-corrected chi connectivity index (χ0v) is 16.2. The minimum absolute atomic E-state index is 0.0680. The smallest absolute Gasteiger partial charge is 0.287 e. The van der Waals surface area contributed by atoms with Crippen LogP contribution in [0.15, 0.2) is 34.9 Å². The number of carbonyl (C=O) groups excluding carboxylic acids is 2. The second-order valence-electron chi connectivity index (χ2n) is 7.12. The van der Waals surface area contributed by atoms with E-state index in [1.54, 1.807) is 31.3 Å². The normalized spacial score (nSPS) is 17.0. The standard InChI is InChI=1S/C20H26N4O4/c1-21-20(26)18(13-6-4-3-5-7-13)23-19(25)17-11-10-16(28-17)15-9-8-14(12-22-15)24(2)27/h8-13,18,24H,3-7H2,1-2H3,(H,21,26)(H,23,25)/t18-/m0/s1.